The van der Waals surface area contributed by atoms with Crippen LogP contribution in [0.4, 0.5) is 0 Å². The predicted octanol–water partition coefficient (Wildman–Crippen LogP) is 3.07. The number of piperazine rings is 1. The maximum Gasteiger partial charge on any atom is 0.225 e. The van der Waals surface area contributed by atoms with Gasteiger partial charge in [-0.1, -0.05) is 18.5 Å². The van der Waals surface area contributed by atoms with Gasteiger partial charge in [0.25, 0.3) is 0 Å². The van der Waals surface area contributed by atoms with Crippen LogP contribution in [0.15, 0.2) is 30.5 Å². The molecule has 0 N–H and O–H groups in total. The molecule has 1 aromatic carbocycles. The van der Waals surface area contributed by atoms with Crippen LogP contribution in [0, 0.1) is 6.92 Å². The highest BCUT2D eigenvalue weighted by molar-refractivity contribution is 6.30. The number of aromatic nitrogens is 2. The summed E-state index contributed by atoms with van der Waals surface area (Å²) in [5.74, 6) is 0.852. The fraction of sp³-hybridized carbons (Fsp3) is 0.615. The number of likely N-dealkylation sites (N-methyl/N-ethyl adjacent to an activating group) is 1. The second kappa shape index (κ2) is 11.7. The minimum Gasteiger partial charge on any atom is -0.491 e. The van der Waals surface area contributed by atoms with Crippen molar-refractivity contribution in [2.75, 3.05) is 59.5 Å². The van der Waals surface area contributed by atoms with Gasteiger partial charge < -0.3 is 19.3 Å². The molecule has 0 bridgehead atoms. The number of aryl methyl sites for hydroxylation is 1. The van der Waals surface area contributed by atoms with E-state index in [-0.39, 0.29) is 5.91 Å². The summed E-state index contributed by atoms with van der Waals surface area (Å²) in [5.41, 5.74) is 1.71. The Hall–Kier alpha value is -2.13. The molecule has 0 saturated carbocycles. The highest BCUT2D eigenvalue weighted by atomic mass is 35.5. The van der Waals surface area contributed by atoms with Crippen molar-refractivity contribution in [3.05, 3.63) is 46.7 Å². The van der Waals surface area contributed by atoms with E-state index in [1.807, 2.05) is 35.4 Å². The molecule has 8 nitrogen and oxygen atoms in total. The second-order valence-electron chi connectivity index (χ2n) is 9.82. The third-order valence-corrected chi connectivity index (χ3v) is 7.26. The Labute approximate surface area is 213 Å². The zero-order valence-corrected chi connectivity index (χ0v) is 22.0. The van der Waals surface area contributed by atoms with Gasteiger partial charge >= 0.3 is 0 Å². The van der Waals surface area contributed by atoms with Crippen LogP contribution in [0.25, 0.3) is 0 Å². The molecule has 0 unspecified atom stereocenters. The number of morpholine rings is 1. The van der Waals surface area contributed by atoms with E-state index < -0.39 is 5.60 Å². The Morgan fingerprint density at radius 2 is 1.91 bits per heavy atom. The number of carbonyl (C=O) groups excluding carboxylic acids is 1. The molecule has 4 rings (SSSR count). The summed E-state index contributed by atoms with van der Waals surface area (Å²) in [6.45, 7) is 11.6. The molecule has 1 aromatic heterocycles. The Bertz CT molecular complexity index is 974. The molecule has 2 aliphatic heterocycles. The van der Waals surface area contributed by atoms with Crippen molar-refractivity contribution in [1.82, 2.24) is 24.5 Å². The lowest BCUT2D eigenvalue weighted by Crippen LogP contribution is -2.58. The molecule has 2 saturated heterocycles. The summed E-state index contributed by atoms with van der Waals surface area (Å²) < 4.78 is 14.6. The first-order chi connectivity index (χ1) is 16.9. The van der Waals surface area contributed by atoms with Crippen molar-refractivity contribution in [3.8, 4) is 5.75 Å². The molecular weight excluding hydrogens is 466 g/mol. The van der Waals surface area contributed by atoms with Crippen LogP contribution in [0.5, 0.6) is 5.75 Å². The van der Waals surface area contributed by atoms with Crippen molar-refractivity contribution >= 4 is 17.5 Å². The Morgan fingerprint density at radius 1 is 1.17 bits per heavy atom. The number of carbonyl (C=O) groups is 1. The van der Waals surface area contributed by atoms with Crippen LogP contribution >= 0.6 is 11.6 Å². The van der Waals surface area contributed by atoms with Gasteiger partial charge in [-0.2, -0.15) is 5.10 Å². The molecule has 0 aliphatic carbocycles. The standard InChI is InChI=1S/C26H38ClN5O3/c1-4-9-32-21(2)22(17-28-32)18-30-14-15-35-26(19-30,20-34-24-7-5-23(27)6-8-24)16-25(33)31-12-10-29(3)11-13-31/h5-8,17H,4,9-16,18-20H2,1-3H3/t26-/m1/s1. The molecule has 1 atom stereocenters. The summed E-state index contributed by atoms with van der Waals surface area (Å²) in [4.78, 5) is 19.9. The third-order valence-electron chi connectivity index (χ3n) is 7.01. The zero-order chi connectivity index (χ0) is 24.8. The molecule has 192 valence electrons. The van der Waals surface area contributed by atoms with Gasteiger partial charge in [-0.3, -0.25) is 14.4 Å². The first kappa shape index (κ1) is 25.9. The molecule has 3 heterocycles. The van der Waals surface area contributed by atoms with Gasteiger partial charge in [0.1, 0.15) is 18.0 Å². The number of ether oxygens (including phenoxy) is 2. The molecule has 2 aliphatic rings. The number of benzene rings is 1. The smallest absolute Gasteiger partial charge is 0.225 e. The van der Waals surface area contributed by atoms with Crippen molar-refractivity contribution in [3.63, 3.8) is 0 Å². The van der Waals surface area contributed by atoms with Crippen molar-refractivity contribution in [1.29, 1.82) is 0 Å². The summed E-state index contributed by atoms with van der Waals surface area (Å²) >= 11 is 6.04. The van der Waals surface area contributed by atoms with E-state index in [2.05, 4.69) is 40.5 Å². The minimum absolute atomic E-state index is 0.131. The Kier molecular flexibility index (Phi) is 8.70. The molecule has 35 heavy (non-hydrogen) atoms. The number of amides is 1. The van der Waals surface area contributed by atoms with Gasteiger partial charge in [0.15, 0.2) is 0 Å². The van der Waals surface area contributed by atoms with Gasteiger partial charge in [0.05, 0.1) is 19.2 Å². The van der Waals surface area contributed by atoms with Crippen LogP contribution in [0.3, 0.4) is 0 Å². The molecule has 9 heteroatoms. The minimum atomic E-state index is -0.717. The largest absolute Gasteiger partial charge is 0.491 e. The van der Waals surface area contributed by atoms with E-state index in [1.54, 1.807) is 0 Å². The first-order valence-electron chi connectivity index (χ1n) is 12.6. The molecule has 1 amide bonds. The lowest BCUT2D eigenvalue weighted by atomic mass is 9.96. The number of rotatable bonds is 9. The average Bonchev–Trinajstić information content (AvgIpc) is 3.18. The van der Waals surface area contributed by atoms with Crippen LogP contribution < -0.4 is 4.74 Å². The van der Waals surface area contributed by atoms with Gasteiger partial charge in [-0.15, -0.1) is 0 Å². The number of hydrogen-bond acceptors (Lipinski definition) is 6. The van der Waals surface area contributed by atoms with Crippen LogP contribution in [-0.4, -0.2) is 95.5 Å². The summed E-state index contributed by atoms with van der Waals surface area (Å²) in [6.07, 6.45) is 3.33. The van der Waals surface area contributed by atoms with E-state index in [4.69, 9.17) is 21.1 Å². The van der Waals surface area contributed by atoms with E-state index >= 15 is 0 Å². The average molecular weight is 504 g/mol. The molecule has 0 spiro atoms. The Morgan fingerprint density at radius 3 is 2.63 bits per heavy atom. The van der Waals surface area contributed by atoms with Crippen molar-refractivity contribution in [2.45, 2.75) is 45.4 Å². The SMILES string of the molecule is CCCn1ncc(CN2CCO[C@](COc3ccc(Cl)cc3)(CC(=O)N3CCN(C)CC3)C2)c1C. The highest BCUT2D eigenvalue weighted by Gasteiger charge is 2.41. The molecule has 2 fully saturated rings. The van der Waals surface area contributed by atoms with Gasteiger partial charge in [0.2, 0.25) is 5.91 Å². The molecule has 2 aromatic rings. The van der Waals surface area contributed by atoms with E-state index in [0.717, 1.165) is 58.0 Å². The van der Waals surface area contributed by atoms with E-state index in [9.17, 15) is 4.79 Å². The lowest BCUT2D eigenvalue weighted by molar-refractivity contribution is -0.157. The number of hydrogen-bond donors (Lipinski definition) is 0. The maximum absolute atomic E-state index is 13.4. The van der Waals surface area contributed by atoms with Crippen LogP contribution in [-0.2, 0) is 22.6 Å². The van der Waals surface area contributed by atoms with Crippen LogP contribution in [0.2, 0.25) is 5.02 Å². The molecule has 0 radical (unpaired) electrons. The van der Waals surface area contributed by atoms with Gasteiger partial charge in [-0.25, -0.2) is 0 Å². The third kappa shape index (κ3) is 6.76. The van der Waals surface area contributed by atoms with Crippen molar-refractivity contribution < 1.29 is 14.3 Å². The van der Waals surface area contributed by atoms with Crippen LogP contribution in [0.1, 0.15) is 31.0 Å². The number of nitrogens with zero attached hydrogens (tertiary/aromatic N) is 5. The quantitative estimate of drug-likeness (QED) is 0.524. The monoisotopic (exact) mass is 503 g/mol. The normalized spacial score (nSPS) is 21.9. The molecular formula is C26H38ClN5O3. The summed E-state index contributed by atoms with van der Waals surface area (Å²) in [7, 11) is 2.09. The Balaban J connectivity index is 1.48. The fourth-order valence-electron chi connectivity index (χ4n) is 4.81. The van der Waals surface area contributed by atoms with E-state index in [0.29, 0.717) is 31.2 Å². The zero-order valence-electron chi connectivity index (χ0n) is 21.2. The van der Waals surface area contributed by atoms with Gasteiger partial charge in [0, 0.05) is 68.6 Å². The van der Waals surface area contributed by atoms with Crippen molar-refractivity contribution in [2.24, 2.45) is 0 Å². The first-order valence-corrected chi connectivity index (χ1v) is 13.0. The topological polar surface area (TPSA) is 63.1 Å². The highest BCUT2D eigenvalue weighted by Crippen LogP contribution is 2.27. The maximum atomic E-state index is 13.4. The lowest BCUT2D eigenvalue weighted by Gasteiger charge is -2.43. The van der Waals surface area contributed by atoms with E-state index in [1.165, 1.54) is 11.3 Å². The van der Waals surface area contributed by atoms with Gasteiger partial charge in [-0.05, 0) is 44.7 Å². The second-order valence-corrected chi connectivity index (χ2v) is 10.3. The number of halogens is 1. The summed E-state index contributed by atoms with van der Waals surface area (Å²) in [5, 5.41) is 5.23. The summed E-state index contributed by atoms with van der Waals surface area (Å²) in [6, 6.07) is 7.32. The predicted molar refractivity (Wildman–Crippen MR) is 137 cm³/mol. The fourth-order valence-corrected chi connectivity index (χ4v) is 4.94.